The molecule has 1 heterocycles. The first-order valence-corrected chi connectivity index (χ1v) is 8.95. The second-order valence-corrected chi connectivity index (χ2v) is 7.11. The molecule has 6 heteroatoms. The van der Waals surface area contributed by atoms with Gasteiger partial charge in [0.25, 0.3) is 5.91 Å². The molecule has 1 amide bonds. The highest BCUT2D eigenvalue weighted by atomic mass is 35.5. The van der Waals surface area contributed by atoms with E-state index in [4.69, 9.17) is 28.6 Å². The maximum atomic E-state index is 12.7. The fourth-order valence-corrected chi connectivity index (χ4v) is 3.72. The van der Waals surface area contributed by atoms with Crippen LogP contribution >= 0.6 is 35.6 Å². The summed E-state index contributed by atoms with van der Waals surface area (Å²) in [5.41, 5.74) is 1.62. The molecule has 0 aromatic heterocycles. The Morgan fingerprint density at radius 1 is 1.25 bits per heavy atom. The number of carbonyl (C=O) groups is 1. The molecule has 1 fully saturated rings. The van der Waals surface area contributed by atoms with E-state index in [1.807, 2.05) is 37.3 Å². The molecule has 2 aromatic carbocycles. The van der Waals surface area contributed by atoms with Crippen molar-refractivity contribution in [1.82, 2.24) is 0 Å². The summed E-state index contributed by atoms with van der Waals surface area (Å²) < 4.78 is 6.00. The third-order valence-electron chi connectivity index (χ3n) is 3.35. The van der Waals surface area contributed by atoms with Gasteiger partial charge in [-0.1, -0.05) is 47.7 Å². The molecule has 1 aliphatic rings. The van der Waals surface area contributed by atoms with Crippen LogP contribution < -0.4 is 9.64 Å². The van der Waals surface area contributed by atoms with Crippen LogP contribution in [0.4, 0.5) is 5.69 Å². The number of thioether (sulfide) groups is 1. The number of nitrogens with zero attached hydrogens (tertiary/aromatic N) is 1. The van der Waals surface area contributed by atoms with Crippen LogP contribution in [0.5, 0.6) is 5.75 Å². The fourth-order valence-electron chi connectivity index (χ4n) is 2.29. The molecule has 0 saturated carbocycles. The van der Waals surface area contributed by atoms with Gasteiger partial charge in [0.05, 0.1) is 17.2 Å². The Kier molecular flexibility index (Phi) is 5.23. The SMILES string of the molecule is CCOc1cccc(C=C2SC(=S)N(c3ccc(Cl)cc3)C2=O)c1. The first kappa shape index (κ1) is 17.0. The van der Waals surface area contributed by atoms with Crippen molar-refractivity contribution in [3.05, 3.63) is 64.0 Å². The molecule has 0 atom stereocenters. The average Bonchev–Trinajstić information content (AvgIpc) is 2.83. The maximum Gasteiger partial charge on any atom is 0.270 e. The van der Waals surface area contributed by atoms with Crippen LogP contribution in [-0.4, -0.2) is 16.8 Å². The number of benzene rings is 2. The van der Waals surface area contributed by atoms with Gasteiger partial charge in [0, 0.05) is 5.02 Å². The van der Waals surface area contributed by atoms with Crippen LogP contribution in [-0.2, 0) is 4.79 Å². The van der Waals surface area contributed by atoms with Gasteiger partial charge in [-0.2, -0.15) is 0 Å². The molecule has 0 bridgehead atoms. The number of halogens is 1. The Hall–Kier alpha value is -1.82. The van der Waals surface area contributed by atoms with Gasteiger partial charge in [-0.15, -0.1) is 0 Å². The van der Waals surface area contributed by atoms with Crippen molar-refractivity contribution in [2.24, 2.45) is 0 Å². The topological polar surface area (TPSA) is 29.5 Å². The van der Waals surface area contributed by atoms with E-state index in [2.05, 4.69) is 0 Å². The number of carbonyl (C=O) groups excluding carboxylic acids is 1. The molecule has 24 heavy (non-hydrogen) atoms. The number of anilines is 1. The molecule has 0 radical (unpaired) electrons. The quantitative estimate of drug-likeness (QED) is 0.546. The minimum Gasteiger partial charge on any atom is -0.494 e. The highest BCUT2D eigenvalue weighted by Crippen LogP contribution is 2.36. The smallest absolute Gasteiger partial charge is 0.270 e. The summed E-state index contributed by atoms with van der Waals surface area (Å²) in [5, 5.41) is 0.618. The van der Waals surface area contributed by atoms with Gasteiger partial charge in [-0.25, -0.2) is 0 Å². The Bertz CT molecular complexity index is 818. The highest BCUT2D eigenvalue weighted by Gasteiger charge is 2.33. The molecule has 1 saturated heterocycles. The third kappa shape index (κ3) is 3.64. The zero-order valence-electron chi connectivity index (χ0n) is 12.9. The molecule has 3 rings (SSSR count). The van der Waals surface area contributed by atoms with E-state index in [1.54, 1.807) is 24.3 Å². The van der Waals surface area contributed by atoms with Crippen molar-refractivity contribution >= 4 is 57.6 Å². The van der Waals surface area contributed by atoms with Gasteiger partial charge in [-0.05, 0) is 55.0 Å². The van der Waals surface area contributed by atoms with Gasteiger partial charge in [0.15, 0.2) is 4.32 Å². The lowest BCUT2D eigenvalue weighted by Crippen LogP contribution is -2.27. The van der Waals surface area contributed by atoms with Crippen LogP contribution in [0.2, 0.25) is 5.02 Å². The van der Waals surface area contributed by atoms with Crippen LogP contribution in [0.25, 0.3) is 6.08 Å². The van der Waals surface area contributed by atoms with Gasteiger partial charge >= 0.3 is 0 Å². The summed E-state index contributed by atoms with van der Waals surface area (Å²) in [7, 11) is 0. The van der Waals surface area contributed by atoms with Crippen molar-refractivity contribution in [3.8, 4) is 5.75 Å². The standard InChI is InChI=1S/C18H14ClNO2S2/c1-2-22-15-5-3-4-12(10-15)11-16-17(21)20(18(23)24-16)14-8-6-13(19)7-9-14/h3-11H,2H2,1H3. The largest absolute Gasteiger partial charge is 0.494 e. The average molecular weight is 376 g/mol. The minimum atomic E-state index is -0.130. The lowest BCUT2D eigenvalue weighted by molar-refractivity contribution is -0.113. The molecular formula is C18H14ClNO2S2. The van der Waals surface area contributed by atoms with Crippen LogP contribution in [0.15, 0.2) is 53.4 Å². The van der Waals surface area contributed by atoms with Gasteiger partial charge in [0.1, 0.15) is 5.75 Å². The van der Waals surface area contributed by atoms with Crippen molar-refractivity contribution in [2.45, 2.75) is 6.92 Å². The molecule has 0 N–H and O–H groups in total. The lowest BCUT2D eigenvalue weighted by Gasteiger charge is -2.14. The van der Waals surface area contributed by atoms with Crippen LogP contribution in [0, 0.1) is 0 Å². The number of rotatable bonds is 4. The van der Waals surface area contributed by atoms with E-state index in [0.29, 0.717) is 26.5 Å². The highest BCUT2D eigenvalue weighted by molar-refractivity contribution is 8.27. The second kappa shape index (κ2) is 7.38. The monoisotopic (exact) mass is 375 g/mol. The second-order valence-electron chi connectivity index (χ2n) is 5.00. The van der Waals surface area contributed by atoms with Crippen molar-refractivity contribution in [2.75, 3.05) is 11.5 Å². The first-order valence-electron chi connectivity index (χ1n) is 7.35. The summed E-state index contributed by atoms with van der Waals surface area (Å²) in [6, 6.07) is 14.7. The zero-order valence-corrected chi connectivity index (χ0v) is 15.3. The number of hydrogen-bond acceptors (Lipinski definition) is 4. The number of amides is 1. The normalized spacial score (nSPS) is 16.1. The van der Waals surface area contributed by atoms with E-state index in [-0.39, 0.29) is 5.91 Å². The molecule has 2 aromatic rings. The number of thiocarbonyl (C=S) groups is 1. The lowest BCUT2D eigenvalue weighted by atomic mass is 10.2. The van der Waals surface area contributed by atoms with Crippen molar-refractivity contribution in [3.63, 3.8) is 0 Å². The summed E-state index contributed by atoms with van der Waals surface area (Å²) >= 11 is 12.6. The molecule has 0 aliphatic carbocycles. The Labute approximate surface area is 155 Å². The Morgan fingerprint density at radius 2 is 2.00 bits per heavy atom. The molecule has 3 nitrogen and oxygen atoms in total. The van der Waals surface area contributed by atoms with Gasteiger partial charge in [-0.3, -0.25) is 9.69 Å². The first-order chi connectivity index (χ1) is 11.6. The fraction of sp³-hybridized carbons (Fsp3) is 0.111. The molecule has 0 spiro atoms. The van der Waals surface area contributed by atoms with E-state index in [1.165, 1.54) is 16.7 Å². The number of ether oxygens (including phenoxy) is 1. The molecular weight excluding hydrogens is 362 g/mol. The molecule has 0 unspecified atom stereocenters. The van der Waals surface area contributed by atoms with Crippen molar-refractivity contribution in [1.29, 1.82) is 0 Å². The molecule has 122 valence electrons. The van der Waals surface area contributed by atoms with Gasteiger partial charge < -0.3 is 4.74 Å². The Morgan fingerprint density at radius 3 is 2.71 bits per heavy atom. The third-order valence-corrected chi connectivity index (χ3v) is 4.90. The van der Waals surface area contributed by atoms with E-state index < -0.39 is 0 Å². The minimum absolute atomic E-state index is 0.130. The Balaban J connectivity index is 1.88. The zero-order chi connectivity index (χ0) is 17.1. The summed E-state index contributed by atoms with van der Waals surface area (Å²) in [5.74, 6) is 0.647. The van der Waals surface area contributed by atoms with Crippen LogP contribution in [0.3, 0.4) is 0 Å². The van der Waals surface area contributed by atoms with E-state index >= 15 is 0 Å². The summed E-state index contributed by atoms with van der Waals surface area (Å²) in [6.45, 7) is 2.53. The van der Waals surface area contributed by atoms with Gasteiger partial charge in [0.2, 0.25) is 0 Å². The summed E-state index contributed by atoms with van der Waals surface area (Å²) in [4.78, 5) is 14.8. The van der Waals surface area contributed by atoms with E-state index in [9.17, 15) is 4.79 Å². The summed E-state index contributed by atoms with van der Waals surface area (Å²) in [6.07, 6.45) is 1.83. The maximum absolute atomic E-state index is 12.7. The predicted octanol–water partition coefficient (Wildman–Crippen LogP) is 5.14. The number of hydrogen-bond donors (Lipinski definition) is 0. The van der Waals surface area contributed by atoms with E-state index in [0.717, 1.165) is 11.3 Å². The molecule has 1 aliphatic heterocycles. The van der Waals surface area contributed by atoms with Crippen LogP contribution in [0.1, 0.15) is 12.5 Å². The van der Waals surface area contributed by atoms with Crippen molar-refractivity contribution < 1.29 is 9.53 Å². The predicted molar refractivity (Wildman–Crippen MR) is 105 cm³/mol.